The molecule has 1 fully saturated rings. The summed E-state index contributed by atoms with van der Waals surface area (Å²) in [6, 6.07) is 0. The fraction of sp³-hybridized carbons (Fsp3) is 0.714. The van der Waals surface area contributed by atoms with Crippen molar-refractivity contribution in [1.29, 1.82) is 0 Å². The Morgan fingerprint density at radius 2 is 1.27 bits per heavy atom. The van der Waals surface area contributed by atoms with Gasteiger partial charge in [0.05, 0.1) is 0 Å². The molecule has 0 aliphatic heterocycles. The fourth-order valence-corrected chi connectivity index (χ4v) is 1.22. The summed E-state index contributed by atoms with van der Waals surface area (Å²) in [5.41, 5.74) is 28.3. The highest BCUT2D eigenvalue weighted by Gasteiger charge is 2.15. The maximum absolute atomic E-state index is 5.29. The van der Waals surface area contributed by atoms with E-state index in [-0.39, 0.29) is 0 Å². The van der Waals surface area contributed by atoms with Crippen LogP contribution >= 0.6 is 0 Å². The van der Waals surface area contributed by atoms with Gasteiger partial charge in [-0.3, -0.25) is 33.8 Å². The van der Waals surface area contributed by atoms with Crippen LogP contribution in [0.5, 0.6) is 0 Å². The molecule has 8 nitrogen and oxygen atoms in total. The van der Waals surface area contributed by atoms with Crippen LogP contribution in [-0.2, 0) is 0 Å². The zero-order valence-electron chi connectivity index (χ0n) is 8.48. The second-order valence-electron chi connectivity index (χ2n) is 3.34. The Kier molecular flexibility index (Phi) is 4.43. The lowest BCUT2D eigenvalue weighted by Crippen LogP contribution is -2.42. The van der Waals surface area contributed by atoms with E-state index in [2.05, 4.69) is 21.1 Å². The second-order valence-corrected chi connectivity index (χ2v) is 3.34. The van der Waals surface area contributed by atoms with Gasteiger partial charge < -0.3 is 0 Å². The average Bonchev–Trinajstić information content (AvgIpc) is 2.59. The topological polar surface area (TPSA) is 153 Å². The van der Waals surface area contributed by atoms with Crippen LogP contribution in [0.15, 0.2) is 10.2 Å². The van der Waals surface area contributed by atoms with E-state index >= 15 is 0 Å². The van der Waals surface area contributed by atoms with Gasteiger partial charge in [0.15, 0.2) is 0 Å². The molecule has 0 aromatic carbocycles. The number of nitrogens with one attached hydrogen (secondary N) is 2. The number of hydrogen-bond acceptors (Lipinski definition) is 8. The minimum absolute atomic E-state index is 0.630. The first-order valence-electron chi connectivity index (χ1n) is 4.72. The Morgan fingerprint density at radius 1 is 0.867 bits per heavy atom. The van der Waals surface area contributed by atoms with Crippen molar-refractivity contribution >= 4 is 11.4 Å². The van der Waals surface area contributed by atoms with E-state index in [0.717, 1.165) is 24.3 Å². The Labute approximate surface area is 88.1 Å². The third-order valence-corrected chi connectivity index (χ3v) is 1.85. The molecule has 0 atom stereocenters. The monoisotopic (exact) mass is 214 g/mol. The van der Waals surface area contributed by atoms with Gasteiger partial charge in [-0.2, -0.15) is 10.2 Å². The van der Waals surface area contributed by atoms with Crippen LogP contribution in [0.2, 0.25) is 0 Å². The first-order chi connectivity index (χ1) is 7.08. The van der Waals surface area contributed by atoms with Gasteiger partial charge in [0.2, 0.25) is 0 Å². The first kappa shape index (κ1) is 11.9. The van der Waals surface area contributed by atoms with E-state index in [1.54, 1.807) is 0 Å². The lowest BCUT2D eigenvalue weighted by atomic mass is 10.3. The van der Waals surface area contributed by atoms with Crippen molar-refractivity contribution in [3.63, 3.8) is 0 Å². The van der Waals surface area contributed by atoms with Crippen molar-refractivity contribution in [1.82, 2.24) is 10.9 Å². The maximum Gasteiger partial charge on any atom is 0.142 e. The largest absolute Gasteiger partial charge is 0.298 e. The third kappa shape index (κ3) is 4.70. The number of rotatable bonds is 4. The summed E-state index contributed by atoms with van der Waals surface area (Å²) in [7, 11) is 0. The lowest BCUT2D eigenvalue weighted by molar-refractivity contribution is 0.568. The van der Waals surface area contributed by atoms with E-state index in [4.69, 9.17) is 22.9 Å². The predicted molar refractivity (Wildman–Crippen MR) is 59.3 cm³/mol. The van der Waals surface area contributed by atoms with Crippen LogP contribution in [0.4, 0.5) is 0 Å². The van der Waals surface area contributed by atoms with E-state index in [1.165, 1.54) is 0 Å². The van der Waals surface area contributed by atoms with Crippen molar-refractivity contribution in [2.45, 2.75) is 31.8 Å². The molecule has 0 bridgehead atoms. The number of nitrogens with zero attached hydrogens (tertiary/aromatic N) is 2. The molecule has 0 amide bonds. The SMILES string of the molecule is NC(N)N/N=C1/CC/C(=N\NC(N)N)C1. The van der Waals surface area contributed by atoms with Crippen LogP contribution in [0, 0.1) is 0 Å². The molecule has 1 rings (SSSR count). The lowest BCUT2D eigenvalue weighted by Gasteiger charge is -2.05. The molecule has 0 aromatic rings. The molecule has 1 aliphatic rings. The molecule has 1 saturated carbocycles. The van der Waals surface area contributed by atoms with Crippen LogP contribution < -0.4 is 33.8 Å². The Bertz CT molecular complexity index is 230. The molecule has 10 N–H and O–H groups in total. The van der Waals surface area contributed by atoms with E-state index in [0.29, 0.717) is 6.42 Å². The van der Waals surface area contributed by atoms with Crippen molar-refractivity contribution < 1.29 is 0 Å². The smallest absolute Gasteiger partial charge is 0.142 e. The van der Waals surface area contributed by atoms with E-state index in [9.17, 15) is 0 Å². The van der Waals surface area contributed by atoms with Crippen molar-refractivity contribution in [3.05, 3.63) is 0 Å². The highest BCUT2D eigenvalue weighted by Crippen LogP contribution is 2.12. The van der Waals surface area contributed by atoms with Gasteiger partial charge in [0.1, 0.15) is 12.6 Å². The van der Waals surface area contributed by atoms with Gasteiger partial charge in [-0.25, -0.2) is 0 Å². The molecule has 8 heteroatoms. The van der Waals surface area contributed by atoms with Crippen molar-refractivity contribution in [3.8, 4) is 0 Å². The van der Waals surface area contributed by atoms with Crippen molar-refractivity contribution in [2.75, 3.05) is 0 Å². The zero-order valence-corrected chi connectivity index (χ0v) is 8.48. The summed E-state index contributed by atoms with van der Waals surface area (Å²) in [5, 5.41) is 8.09. The van der Waals surface area contributed by atoms with Gasteiger partial charge in [-0.05, 0) is 12.8 Å². The van der Waals surface area contributed by atoms with Gasteiger partial charge in [-0.15, -0.1) is 0 Å². The fourth-order valence-electron chi connectivity index (χ4n) is 1.22. The minimum atomic E-state index is -0.630. The minimum Gasteiger partial charge on any atom is -0.298 e. The molecular formula is C7H18N8. The van der Waals surface area contributed by atoms with Crippen molar-refractivity contribution in [2.24, 2.45) is 33.1 Å². The molecule has 0 aromatic heterocycles. The highest BCUT2D eigenvalue weighted by atomic mass is 15.4. The zero-order chi connectivity index (χ0) is 11.3. The molecule has 0 heterocycles. The highest BCUT2D eigenvalue weighted by molar-refractivity contribution is 6.10. The molecule has 1 aliphatic carbocycles. The first-order valence-corrected chi connectivity index (χ1v) is 4.72. The summed E-state index contributed by atoms with van der Waals surface area (Å²) < 4.78 is 0. The molecule has 0 radical (unpaired) electrons. The quantitative estimate of drug-likeness (QED) is 0.224. The second kappa shape index (κ2) is 5.61. The predicted octanol–water partition coefficient (Wildman–Crippen LogP) is -2.54. The Hall–Kier alpha value is -1.22. The van der Waals surface area contributed by atoms with Crippen LogP contribution in [0.1, 0.15) is 19.3 Å². The van der Waals surface area contributed by atoms with Gasteiger partial charge in [0, 0.05) is 17.8 Å². The summed E-state index contributed by atoms with van der Waals surface area (Å²) in [4.78, 5) is 0. The Morgan fingerprint density at radius 3 is 1.60 bits per heavy atom. The molecule has 0 spiro atoms. The van der Waals surface area contributed by atoms with Gasteiger partial charge >= 0.3 is 0 Å². The van der Waals surface area contributed by atoms with E-state index in [1.807, 2.05) is 0 Å². The number of hydrazone groups is 2. The summed E-state index contributed by atoms with van der Waals surface area (Å²) >= 11 is 0. The number of hydrogen-bond donors (Lipinski definition) is 6. The third-order valence-electron chi connectivity index (χ3n) is 1.85. The summed E-state index contributed by atoms with van der Waals surface area (Å²) in [6.07, 6.45) is 1.13. The van der Waals surface area contributed by atoms with Crippen LogP contribution in [0.25, 0.3) is 0 Å². The molecule has 0 saturated heterocycles. The molecule has 86 valence electrons. The maximum atomic E-state index is 5.29. The van der Waals surface area contributed by atoms with Gasteiger partial charge in [-0.1, -0.05) is 0 Å². The average molecular weight is 214 g/mol. The standard InChI is InChI=1S/C7H18N8/c8-6(9)14-12-4-1-2-5(3-4)13-15-7(10)11/h6-7,14-15H,1-3,8-11H2/b12-4-,13-5+. The summed E-state index contributed by atoms with van der Waals surface area (Å²) in [5.74, 6) is 0. The molecule has 0 unspecified atom stereocenters. The Balaban J connectivity index is 2.38. The van der Waals surface area contributed by atoms with Crippen LogP contribution in [0.3, 0.4) is 0 Å². The number of nitrogens with two attached hydrogens (primary N) is 4. The van der Waals surface area contributed by atoms with Gasteiger partial charge in [0.25, 0.3) is 0 Å². The van der Waals surface area contributed by atoms with Crippen LogP contribution in [-0.4, -0.2) is 24.0 Å². The molecular weight excluding hydrogens is 196 g/mol. The van der Waals surface area contributed by atoms with E-state index < -0.39 is 12.6 Å². The molecule has 15 heavy (non-hydrogen) atoms. The summed E-state index contributed by atoms with van der Waals surface area (Å²) in [6.45, 7) is 0. The normalized spacial score (nSPS) is 22.0.